The number of hydrogen-bond acceptors (Lipinski definition) is 5. The lowest BCUT2D eigenvalue weighted by Crippen LogP contribution is -2.18. The third-order valence-corrected chi connectivity index (χ3v) is 5.38. The number of carbonyl (C=O) groups is 1. The van der Waals surface area contributed by atoms with Crippen LogP contribution in [0.4, 0.5) is 13.2 Å². The molecule has 0 atom stereocenters. The molecule has 0 unspecified atom stereocenters. The number of hydrogen-bond donors (Lipinski definition) is 1. The molecule has 5 nitrogen and oxygen atoms in total. The van der Waals surface area contributed by atoms with Gasteiger partial charge < -0.3 is 19.5 Å². The molecular weight excluding hydrogens is 515 g/mol. The molecule has 0 aliphatic carbocycles. The van der Waals surface area contributed by atoms with Crippen molar-refractivity contribution in [2.45, 2.75) is 25.9 Å². The summed E-state index contributed by atoms with van der Waals surface area (Å²) >= 11 is 3.38. The Morgan fingerprint density at radius 2 is 1.65 bits per heavy atom. The summed E-state index contributed by atoms with van der Waals surface area (Å²) in [6, 6.07) is 18.6. The van der Waals surface area contributed by atoms with E-state index >= 15 is 0 Å². The minimum Gasteiger partial charge on any atom is -0.489 e. The molecular formula is C25H23BrF3NO4. The highest BCUT2D eigenvalue weighted by atomic mass is 79.9. The first-order valence-electron chi connectivity index (χ1n) is 10.4. The predicted molar refractivity (Wildman–Crippen MR) is 125 cm³/mol. The third kappa shape index (κ3) is 8.07. The van der Waals surface area contributed by atoms with Crippen molar-refractivity contribution in [3.63, 3.8) is 0 Å². The molecule has 34 heavy (non-hydrogen) atoms. The molecule has 9 heteroatoms. The third-order valence-electron chi connectivity index (χ3n) is 4.85. The van der Waals surface area contributed by atoms with Gasteiger partial charge >= 0.3 is 12.3 Å². The molecule has 3 aromatic rings. The fourth-order valence-corrected chi connectivity index (χ4v) is 3.43. The molecule has 0 heterocycles. The van der Waals surface area contributed by atoms with Crippen LogP contribution in [0.3, 0.4) is 0 Å². The second kappa shape index (κ2) is 11.9. The molecule has 0 saturated carbocycles. The number of rotatable bonds is 10. The van der Waals surface area contributed by atoms with E-state index in [9.17, 15) is 18.0 Å². The summed E-state index contributed by atoms with van der Waals surface area (Å²) in [5.74, 6) is -0.213. The number of benzene rings is 3. The van der Waals surface area contributed by atoms with Gasteiger partial charge in [0.1, 0.15) is 18.1 Å². The highest BCUT2D eigenvalue weighted by Crippen LogP contribution is 2.29. The normalized spacial score (nSPS) is 11.2. The Hall–Kier alpha value is -3.04. The van der Waals surface area contributed by atoms with E-state index in [1.165, 1.54) is 25.3 Å². The molecule has 0 saturated heterocycles. The lowest BCUT2D eigenvalue weighted by Gasteiger charge is -2.15. The zero-order valence-electron chi connectivity index (χ0n) is 18.3. The number of alkyl halides is 3. The van der Waals surface area contributed by atoms with Gasteiger partial charge in [-0.15, -0.1) is 13.2 Å². The summed E-state index contributed by atoms with van der Waals surface area (Å²) in [5.41, 5.74) is 2.93. The van der Waals surface area contributed by atoms with Crippen LogP contribution >= 0.6 is 15.9 Å². The van der Waals surface area contributed by atoms with Crippen LogP contribution in [-0.4, -0.2) is 26.0 Å². The number of ether oxygens (including phenoxy) is 3. The zero-order chi connectivity index (χ0) is 24.6. The van der Waals surface area contributed by atoms with E-state index in [4.69, 9.17) is 4.74 Å². The SMILES string of the molecule is COC(=O)c1ccc(CNCCc2cc(OC(F)(F)F)ccc2OCc2ccc(Br)cc2)cc1. The molecule has 0 radical (unpaired) electrons. The molecule has 3 aromatic carbocycles. The van der Waals surface area contributed by atoms with Crippen molar-refractivity contribution in [3.05, 3.63) is 93.5 Å². The van der Waals surface area contributed by atoms with E-state index in [1.54, 1.807) is 12.1 Å². The Bertz CT molecular complexity index is 1090. The van der Waals surface area contributed by atoms with Gasteiger partial charge in [0.25, 0.3) is 0 Å². The van der Waals surface area contributed by atoms with Gasteiger partial charge in [0.2, 0.25) is 0 Å². The van der Waals surface area contributed by atoms with Crippen LogP contribution in [-0.2, 0) is 24.3 Å². The lowest BCUT2D eigenvalue weighted by atomic mass is 10.1. The molecule has 0 spiro atoms. The Morgan fingerprint density at radius 3 is 2.29 bits per heavy atom. The smallest absolute Gasteiger partial charge is 0.489 e. The van der Waals surface area contributed by atoms with Crippen molar-refractivity contribution in [3.8, 4) is 11.5 Å². The van der Waals surface area contributed by atoms with Crippen LogP contribution in [0.15, 0.2) is 71.2 Å². The monoisotopic (exact) mass is 537 g/mol. The van der Waals surface area contributed by atoms with Gasteiger partial charge in [-0.25, -0.2) is 4.79 Å². The standard InChI is InChI=1S/C25H23BrF3NO4/c1-32-24(31)19-6-2-17(3-7-19)15-30-13-12-20-14-22(34-25(27,28)29)10-11-23(20)33-16-18-4-8-21(26)9-5-18/h2-11,14,30H,12-13,15-16H2,1H3. The van der Waals surface area contributed by atoms with Crippen molar-refractivity contribution in [1.82, 2.24) is 5.32 Å². The average Bonchev–Trinajstić information content (AvgIpc) is 2.81. The summed E-state index contributed by atoms with van der Waals surface area (Å²) in [4.78, 5) is 11.5. The summed E-state index contributed by atoms with van der Waals surface area (Å²) in [5, 5.41) is 3.25. The van der Waals surface area contributed by atoms with Gasteiger partial charge in [-0.2, -0.15) is 0 Å². The lowest BCUT2D eigenvalue weighted by molar-refractivity contribution is -0.274. The van der Waals surface area contributed by atoms with E-state index in [-0.39, 0.29) is 12.4 Å². The summed E-state index contributed by atoms with van der Waals surface area (Å²) in [6.07, 6.45) is -4.35. The van der Waals surface area contributed by atoms with Crippen LogP contribution in [0.5, 0.6) is 11.5 Å². The first-order chi connectivity index (χ1) is 16.2. The van der Waals surface area contributed by atoms with Gasteiger partial charge in [0, 0.05) is 11.0 Å². The maximum Gasteiger partial charge on any atom is 0.573 e. The average molecular weight is 538 g/mol. The van der Waals surface area contributed by atoms with Crippen LogP contribution in [0.1, 0.15) is 27.0 Å². The van der Waals surface area contributed by atoms with Crippen LogP contribution < -0.4 is 14.8 Å². The number of esters is 1. The van der Waals surface area contributed by atoms with E-state index in [2.05, 4.69) is 30.7 Å². The Balaban J connectivity index is 1.62. The van der Waals surface area contributed by atoms with Gasteiger partial charge in [0.15, 0.2) is 0 Å². The van der Waals surface area contributed by atoms with Gasteiger partial charge in [-0.1, -0.05) is 40.2 Å². The summed E-state index contributed by atoms with van der Waals surface area (Å²) in [7, 11) is 1.32. The first kappa shape index (κ1) is 25.6. The van der Waals surface area contributed by atoms with Gasteiger partial charge in [-0.05, 0) is 72.1 Å². The number of carbonyl (C=O) groups excluding carboxylic acids is 1. The topological polar surface area (TPSA) is 56.8 Å². The molecule has 180 valence electrons. The predicted octanol–water partition coefficient (Wildman–Crippen LogP) is 6.05. The maximum absolute atomic E-state index is 12.7. The quantitative estimate of drug-likeness (QED) is 0.252. The van der Waals surface area contributed by atoms with Crippen molar-refractivity contribution in [2.24, 2.45) is 0 Å². The van der Waals surface area contributed by atoms with Gasteiger partial charge in [-0.3, -0.25) is 0 Å². The minimum absolute atomic E-state index is 0.278. The van der Waals surface area contributed by atoms with E-state index in [1.807, 2.05) is 36.4 Å². The van der Waals surface area contributed by atoms with E-state index < -0.39 is 12.3 Å². The Kier molecular flexibility index (Phi) is 8.95. The number of methoxy groups -OCH3 is 1. The number of nitrogens with one attached hydrogen (secondary N) is 1. The highest BCUT2D eigenvalue weighted by Gasteiger charge is 2.31. The number of halogens is 4. The van der Waals surface area contributed by atoms with E-state index in [0.717, 1.165) is 15.6 Å². The largest absolute Gasteiger partial charge is 0.573 e. The highest BCUT2D eigenvalue weighted by molar-refractivity contribution is 9.10. The Morgan fingerprint density at radius 1 is 0.971 bits per heavy atom. The second-order valence-corrected chi connectivity index (χ2v) is 8.26. The molecule has 3 rings (SSSR count). The van der Waals surface area contributed by atoms with Crippen molar-refractivity contribution >= 4 is 21.9 Å². The summed E-state index contributed by atoms with van der Waals surface area (Å²) < 4.78 is 53.6. The first-order valence-corrected chi connectivity index (χ1v) is 11.2. The maximum atomic E-state index is 12.7. The fourth-order valence-electron chi connectivity index (χ4n) is 3.16. The van der Waals surface area contributed by atoms with Crippen molar-refractivity contribution < 1.29 is 32.2 Å². The zero-order valence-corrected chi connectivity index (χ0v) is 19.9. The molecule has 0 aliphatic heterocycles. The molecule has 0 bridgehead atoms. The fraction of sp³-hybridized carbons (Fsp3) is 0.240. The van der Waals surface area contributed by atoms with Crippen LogP contribution in [0.25, 0.3) is 0 Å². The van der Waals surface area contributed by atoms with Crippen molar-refractivity contribution in [2.75, 3.05) is 13.7 Å². The molecule has 0 aliphatic rings. The van der Waals surface area contributed by atoms with Gasteiger partial charge in [0.05, 0.1) is 12.7 Å². The minimum atomic E-state index is -4.77. The molecule has 0 amide bonds. The molecule has 1 N–H and O–H groups in total. The van der Waals surface area contributed by atoms with Crippen molar-refractivity contribution in [1.29, 1.82) is 0 Å². The van der Waals surface area contributed by atoms with Crippen LogP contribution in [0, 0.1) is 0 Å². The molecule has 0 aromatic heterocycles. The van der Waals surface area contributed by atoms with Crippen LogP contribution in [0.2, 0.25) is 0 Å². The molecule has 0 fully saturated rings. The summed E-state index contributed by atoms with van der Waals surface area (Å²) in [6.45, 7) is 1.29. The van der Waals surface area contributed by atoms with E-state index in [0.29, 0.717) is 36.4 Å². The Labute approximate surface area is 204 Å². The second-order valence-electron chi connectivity index (χ2n) is 7.35.